The average Bonchev–Trinajstić information content (AvgIpc) is 2.79. The minimum atomic E-state index is -0.178. The zero-order valence-corrected chi connectivity index (χ0v) is 12.2. The van der Waals surface area contributed by atoms with E-state index in [0.717, 1.165) is 0 Å². The summed E-state index contributed by atoms with van der Waals surface area (Å²) < 4.78 is 0. The van der Waals surface area contributed by atoms with E-state index in [1.54, 1.807) is 37.2 Å². The molecule has 1 aromatic carbocycles. The fraction of sp³-hybridized carbons (Fsp3) is 0.429. The Morgan fingerprint density at radius 2 is 2.20 bits per heavy atom. The molecule has 20 heavy (non-hydrogen) atoms. The molecule has 1 saturated heterocycles. The van der Waals surface area contributed by atoms with Crippen molar-refractivity contribution in [2.24, 2.45) is 5.92 Å². The molecule has 0 saturated carbocycles. The van der Waals surface area contributed by atoms with Gasteiger partial charge in [0.25, 0.3) is 5.91 Å². The van der Waals surface area contributed by atoms with Crippen LogP contribution in [0.15, 0.2) is 18.2 Å². The van der Waals surface area contributed by atoms with Gasteiger partial charge in [-0.05, 0) is 18.2 Å². The second kappa shape index (κ2) is 5.81. The summed E-state index contributed by atoms with van der Waals surface area (Å²) in [6.45, 7) is 0.472. The SMILES string of the molecule is CN(C)C(=O)c1ccc(N2CC(CO)CC2=O)cc1Cl. The van der Waals surface area contributed by atoms with Crippen molar-refractivity contribution in [1.82, 2.24) is 4.90 Å². The first-order valence-corrected chi connectivity index (χ1v) is 6.74. The summed E-state index contributed by atoms with van der Waals surface area (Å²) in [5.41, 5.74) is 1.07. The van der Waals surface area contributed by atoms with Crippen LogP contribution >= 0.6 is 11.6 Å². The van der Waals surface area contributed by atoms with Crippen molar-refractivity contribution in [2.45, 2.75) is 6.42 Å². The quantitative estimate of drug-likeness (QED) is 0.917. The molecular weight excluding hydrogens is 280 g/mol. The number of rotatable bonds is 3. The molecule has 0 spiro atoms. The molecular formula is C14H17ClN2O3. The number of anilines is 1. The predicted molar refractivity (Wildman–Crippen MR) is 77.0 cm³/mol. The third-order valence-corrected chi connectivity index (χ3v) is 3.68. The number of aliphatic hydroxyl groups is 1. The third-order valence-electron chi connectivity index (χ3n) is 3.36. The predicted octanol–water partition coefficient (Wildman–Crippen LogP) is 1.39. The molecule has 6 heteroatoms. The summed E-state index contributed by atoms with van der Waals surface area (Å²) >= 11 is 6.13. The van der Waals surface area contributed by atoms with Crippen molar-refractivity contribution in [3.8, 4) is 0 Å². The van der Waals surface area contributed by atoms with Crippen LogP contribution in [0.2, 0.25) is 5.02 Å². The number of hydrogen-bond donors (Lipinski definition) is 1. The topological polar surface area (TPSA) is 60.9 Å². The fourth-order valence-corrected chi connectivity index (χ4v) is 2.50. The number of carbonyl (C=O) groups excluding carboxylic acids is 2. The van der Waals surface area contributed by atoms with Gasteiger partial charge in [-0.15, -0.1) is 0 Å². The van der Waals surface area contributed by atoms with Crippen LogP contribution in [0.5, 0.6) is 0 Å². The molecule has 108 valence electrons. The average molecular weight is 297 g/mol. The van der Waals surface area contributed by atoms with Crippen LogP contribution in [0, 0.1) is 5.92 Å². The Balaban J connectivity index is 2.26. The molecule has 1 aliphatic rings. The third kappa shape index (κ3) is 2.78. The number of aliphatic hydroxyl groups excluding tert-OH is 1. The van der Waals surface area contributed by atoms with Crippen molar-refractivity contribution in [2.75, 3.05) is 32.1 Å². The first-order valence-electron chi connectivity index (χ1n) is 6.36. The molecule has 2 rings (SSSR count). The molecule has 1 atom stereocenters. The van der Waals surface area contributed by atoms with Crippen molar-refractivity contribution in [1.29, 1.82) is 0 Å². The van der Waals surface area contributed by atoms with Gasteiger partial charge in [0.15, 0.2) is 0 Å². The summed E-state index contributed by atoms with van der Waals surface area (Å²) in [6, 6.07) is 4.95. The Kier molecular flexibility index (Phi) is 4.30. The smallest absolute Gasteiger partial charge is 0.254 e. The summed E-state index contributed by atoms with van der Waals surface area (Å²) in [5.74, 6) is -0.251. The highest BCUT2D eigenvalue weighted by Crippen LogP contribution is 2.29. The number of nitrogens with zero attached hydrogens (tertiary/aromatic N) is 2. The van der Waals surface area contributed by atoms with Gasteiger partial charge in [0.2, 0.25) is 5.91 Å². The first-order chi connectivity index (χ1) is 9.43. The van der Waals surface area contributed by atoms with Crippen LogP contribution in [-0.2, 0) is 4.79 Å². The van der Waals surface area contributed by atoms with Gasteiger partial charge in [-0.2, -0.15) is 0 Å². The molecule has 0 bridgehead atoms. The number of amides is 2. The maximum Gasteiger partial charge on any atom is 0.254 e. The molecule has 2 amide bonds. The molecule has 0 aromatic heterocycles. The molecule has 1 aromatic rings. The van der Waals surface area contributed by atoms with Crippen LogP contribution in [0.3, 0.4) is 0 Å². The summed E-state index contributed by atoms with van der Waals surface area (Å²) in [4.78, 5) is 26.8. The van der Waals surface area contributed by atoms with Gasteiger partial charge in [0, 0.05) is 45.3 Å². The molecule has 1 heterocycles. The van der Waals surface area contributed by atoms with E-state index >= 15 is 0 Å². The van der Waals surface area contributed by atoms with Crippen molar-refractivity contribution in [3.05, 3.63) is 28.8 Å². The van der Waals surface area contributed by atoms with Crippen LogP contribution in [-0.4, -0.2) is 49.1 Å². The molecule has 1 aliphatic heterocycles. The highest BCUT2D eigenvalue weighted by atomic mass is 35.5. The number of carbonyl (C=O) groups is 2. The van der Waals surface area contributed by atoms with Gasteiger partial charge in [-0.1, -0.05) is 11.6 Å². The molecule has 5 nitrogen and oxygen atoms in total. The van der Waals surface area contributed by atoms with Gasteiger partial charge in [0.1, 0.15) is 0 Å². The van der Waals surface area contributed by atoms with E-state index in [1.165, 1.54) is 4.90 Å². The zero-order valence-electron chi connectivity index (χ0n) is 11.5. The summed E-state index contributed by atoms with van der Waals surface area (Å²) in [6.07, 6.45) is 0.340. The van der Waals surface area contributed by atoms with E-state index < -0.39 is 0 Å². The largest absolute Gasteiger partial charge is 0.396 e. The Labute approximate surface area is 122 Å². The summed E-state index contributed by atoms with van der Waals surface area (Å²) in [7, 11) is 3.31. The fourth-order valence-electron chi connectivity index (χ4n) is 2.24. The second-order valence-electron chi connectivity index (χ2n) is 5.12. The Morgan fingerprint density at radius 1 is 1.50 bits per heavy atom. The maximum absolute atomic E-state index is 11.9. The normalized spacial score (nSPS) is 18.5. The molecule has 0 radical (unpaired) electrons. The van der Waals surface area contributed by atoms with E-state index in [9.17, 15) is 9.59 Å². The van der Waals surface area contributed by atoms with E-state index in [1.807, 2.05) is 0 Å². The minimum Gasteiger partial charge on any atom is -0.396 e. The zero-order chi connectivity index (χ0) is 14.9. The first kappa shape index (κ1) is 14.8. The molecule has 1 N–H and O–H groups in total. The number of hydrogen-bond acceptors (Lipinski definition) is 3. The van der Waals surface area contributed by atoms with Crippen LogP contribution in [0.4, 0.5) is 5.69 Å². The van der Waals surface area contributed by atoms with Gasteiger partial charge in [-0.25, -0.2) is 0 Å². The standard InChI is InChI=1S/C14H17ClN2O3/c1-16(2)14(20)11-4-3-10(6-12(11)15)17-7-9(8-18)5-13(17)19/h3-4,6,9,18H,5,7-8H2,1-2H3. The van der Waals surface area contributed by atoms with E-state index in [2.05, 4.69) is 0 Å². The monoisotopic (exact) mass is 296 g/mol. The van der Waals surface area contributed by atoms with E-state index in [0.29, 0.717) is 29.2 Å². The maximum atomic E-state index is 11.9. The van der Waals surface area contributed by atoms with Crippen molar-refractivity contribution < 1.29 is 14.7 Å². The van der Waals surface area contributed by atoms with Gasteiger partial charge < -0.3 is 14.9 Å². The molecule has 1 unspecified atom stereocenters. The van der Waals surface area contributed by atoms with E-state index in [4.69, 9.17) is 16.7 Å². The lowest BCUT2D eigenvalue weighted by atomic mass is 10.1. The Bertz CT molecular complexity index is 545. The van der Waals surface area contributed by atoms with Gasteiger partial charge >= 0.3 is 0 Å². The summed E-state index contributed by atoms with van der Waals surface area (Å²) in [5, 5.41) is 9.45. The van der Waals surface area contributed by atoms with Crippen molar-refractivity contribution >= 4 is 29.1 Å². The Morgan fingerprint density at radius 3 is 2.70 bits per heavy atom. The lowest BCUT2D eigenvalue weighted by Crippen LogP contribution is -2.25. The van der Waals surface area contributed by atoms with Crippen LogP contribution in [0.1, 0.15) is 16.8 Å². The van der Waals surface area contributed by atoms with Gasteiger partial charge in [0.05, 0.1) is 10.6 Å². The lowest BCUT2D eigenvalue weighted by Gasteiger charge is -2.18. The highest BCUT2D eigenvalue weighted by Gasteiger charge is 2.30. The highest BCUT2D eigenvalue weighted by molar-refractivity contribution is 6.34. The minimum absolute atomic E-state index is 0.00677. The Hall–Kier alpha value is -1.59. The van der Waals surface area contributed by atoms with Crippen LogP contribution < -0.4 is 4.90 Å². The van der Waals surface area contributed by atoms with E-state index in [-0.39, 0.29) is 24.3 Å². The van der Waals surface area contributed by atoms with Gasteiger partial charge in [-0.3, -0.25) is 9.59 Å². The van der Waals surface area contributed by atoms with Crippen molar-refractivity contribution in [3.63, 3.8) is 0 Å². The number of benzene rings is 1. The van der Waals surface area contributed by atoms with Crippen LogP contribution in [0.25, 0.3) is 0 Å². The molecule has 1 fully saturated rings. The second-order valence-corrected chi connectivity index (χ2v) is 5.53. The number of halogens is 1. The molecule has 0 aliphatic carbocycles. The lowest BCUT2D eigenvalue weighted by molar-refractivity contribution is -0.117.